The lowest BCUT2D eigenvalue weighted by Gasteiger charge is -2.41. The SMILES string of the molecule is CC(=O)O.COc1cc(-c2nn([C@H]3CC[C@H](N4CCN(C)CC4)CC3)c3ncnc(N)c23)ccc1NCc1cc(C)on1. The topological polar surface area (TPSA) is 161 Å². The number of carboxylic acid groups (broad SMARTS) is 1. The van der Waals surface area contributed by atoms with Gasteiger partial charge in [0.15, 0.2) is 5.65 Å². The Balaban J connectivity index is 0.000000868. The first-order valence-electron chi connectivity index (χ1n) is 14.7. The molecule has 1 saturated carbocycles. The van der Waals surface area contributed by atoms with Gasteiger partial charge in [0.25, 0.3) is 5.97 Å². The van der Waals surface area contributed by atoms with Crippen molar-refractivity contribution in [2.75, 3.05) is 51.4 Å². The van der Waals surface area contributed by atoms with Crippen molar-refractivity contribution < 1.29 is 19.2 Å². The van der Waals surface area contributed by atoms with E-state index < -0.39 is 5.97 Å². The van der Waals surface area contributed by atoms with E-state index in [-0.39, 0.29) is 6.04 Å². The highest BCUT2D eigenvalue weighted by atomic mass is 16.5. The van der Waals surface area contributed by atoms with E-state index in [2.05, 4.69) is 42.0 Å². The van der Waals surface area contributed by atoms with Crippen LogP contribution in [0.25, 0.3) is 22.3 Å². The van der Waals surface area contributed by atoms with Crippen LogP contribution in [0.3, 0.4) is 0 Å². The number of hydrogen-bond donors (Lipinski definition) is 3. The molecule has 0 unspecified atom stereocenters. The molecule has 0 bridgehead atoms. The average molecular weight is 592 g/mol. The Morgan fingerprint density at radius 2 is 1.81 bits per heavy atom. The number of piperazine rings is 1. The fourth-order valence-electron chi connectivity index (χ4n) is 5.98. The number of likely N-dealkylation sites (N-methyl/N-ethyl adjacent to an activating group) is 1. The summed E-state index contributed by atoms with van der Waals surface area (Å²) in [7, 11) is 3.87. The summed E-state index contributed by atoms with van der Waals surface area (Å²) < 4.78 is 13.0. The van der Waals surface area contributed by atoms with Crippen LogP contribution in [-0.2, 0) is 11.3 Å². The lowest BCUT2D eigenvalue weighted by molar-refractivity contribution is -0.134. The minimum Gasteiger partial charge on any atom is -0.495 e. The third-order valence-corrected chi connectivity index (χ3v) is 8.20. The number of nitrogens with zero attached hydrogens (tertiary/aromatic N) is 7. The first-order chi connectivity index (χ1) is 20.7. The van der Waals surface area contributed by atoms with E-state index in [4.69, 9.17) is 30.0 Å². The Morgan fingerprint density at radius 1 is 1.12 bits per heavy atom. The molecule has 3 aromatic heterocycles. The Kier molecular flexibility index (Phi) is 9.41. The maximum absolute atomic E-state index is 9.00. The van der Waals surface area contributed by atoms with Gasteiger partial charge in [-0.2, -0.15) is 5.10 Å². The molecule has 13 nitrogen and oxygen atoms in total. The van der Waals surface area contributed by atoms with E-state index in [1.807, 2.05) is 31.2 Å². The number of nitrogens with two attached hydrogens (primary N) is 1. The van der Waals surface area contributed by atoms with Crippen LogP contribution < -0.4 is 15.8 Å². The van der Waals surface area contributed by atoms with Crippen LogP contribution in [0.5, 0.6) is 5.75 Å². The van der Waals surface area contributed by atoms with Gasteiger partial charge in [0.2, 0.25) is 0 Å². The number of fused-ring (bicyclic) bond motifs is 1. The highest BCUT2D eigenvalue weighted by molar-refractivity contribution is 5.98. The van der Waals surface area contributed by atoms with Gasteiger partial charge in [-0.15, -0.1) is 0 Å². The molecule has 4 aromatic rings. The van der Waals surface area contributed by atoms with E-state index in [9.17, 15) is 0 Å². The van der Waals surface area contributed by atoms with Crippen LogP contribution in [0.1, 0.15) is 50.1 Å². The number of hydrogen-bond acceptors (Lipinski definition) is 11. The molecule has 1 saturated heterocycles. The number of methoxy groups -OCH3 is 1. The van der Waals surface area contributed by atoms with Crippen LogP contribution in [0.4, 0.5) is 11.5 Å². The summed E-state index contributed by atoms with van der Waals surface area (Å²) in [6.07, 6.45) is 6.03. The molecule has 1 aliphatic carbocycles. The molecule has 6 rings (SSSR count). The summed E-state index contributed by atoms with van der Waals surface area (Å²) in [5.41, 5.74) is 10.6. The number of nitrogen functional groups attached to an aromatic ring is 1. The molecular weight excluding hydrogens is 550 g/mol. The number of benzene rings is 1. The van der Waals surface area contributed by atoms with Crippen molar-refractivity contribution in [2.24, 2.45) is 0 Å². The molecule has 4 N–H and O–H groups in total. The van der Waals surface area contributed by atoms with Crippen molar-refractivity contribution in [1.29, 1.82) is 0 Å². The van der Waals surface area contributed by atoms with Gasteiger partial charge >= 0.3 is 0 Å². The van der Waals surface area contributed by atoms with Crippen molar-refractivity contribution in [3.63, 3.8) is 0 Å². The minimum absolute atomic E-state index is 0.285. The fraction of sp³-hybridized carbons (Fsp3) is 0.500. The molecule has 13 heteroatoms. The summed E-state index contributed by atoms with van der Waals surface area (Å²) in [6.45, 7) is 8.12. The number of ether oxygens (including phenoxy) is 1. The second-order valence-corrected chi connectivity index (χ2v) is 11.3. The zero-order valence-electron chi connectivity index (χ0n) is 25.3. The van der Waals surface area contributed by atoms with Gasteiger partial charge in [-0.3, -0.25) is 9.69 Å². The number of carboxylic acids is 1. The number of rotatable bonds is 7. The lowest BCUT2D eigenvalue weighted by atomic mass is 9.90. The highest BCUT2D eigenvalue weighted by Crippen LogP contribution is 2.39. The summed E-state index contributed by atoms with van der Waals surface area (Å²) >= 11 is 0. The summed E-state index contributed by atoms with van der Waals surface area (Å²) in [5, 5.41) is 20.8. The second kappa shape index (κ2) is 13.4. The zero-order chi connectivity index (χ0) is 30.5. The van der Waals surface area contributed by atoms with Gasteiger partial charge in [-0.05, 0) is 51.8 Å². The Hall–Kier alpha value is -4.23. The molecule has 0 atom stereocenters. The molecule has 0 radical (unpaired) electrons. The largest absolute Gasteiger partial charge is 0.495 e. The summed E-state index contributed by atoms with van der Waals surface area (Å²) in [4.78, 5) is 23.0. The number of nitrogens with one attached hydrogen (secondary N) is 1. The number of aryl methyl sites for hydroxylation is 1. The third kappa shape index (κ3) is 7.05. The fourth-order valence-corrected chi connectivity index (χ4v) is 5.98. The van der Waals surface area contributed by atoms with Crippen molar-refractivity contribution in [3.8, 4) is 17.0 Å². The van der Waals surface area contributed by atoms with E-state index in [1.54, 1.807) is 7.11 Å². The Morgan fingerprint density at radius 3 is 2.47 bits per heavy atom. The van der Waals surface area contributed by atoms with Gasteiger partial charge in [0.1, 0.15) is 35.0 Å². The molecule has 1 aromatic carbocycles. The van der Waals surface area contributed by atoms with Crippen LogP contribution in [0.15, 0.2) is 35.1 Å². The number of carbonyl (C=O) groups is 1. The monoisotopic (exact) mass is 591 g/mol. The molecule has 0 spiro atoms. The molecule has 2 fully saturated rings. The molecule has 4 heterocycles. The molecule has 2 aliphatic rings. The molecule has 43 heavy (non-hydrogen) atoms. The molecule has 230 valence electrons. The maximum atomic E-state index is 9.00. The van der Waals surface area contributed by atoms with Gasteiger partial charge in [-0.1, -0.05) is 11.2 Å². The molecular formula is C30H41N9O4. The summed E-state index contributed by atoms with van der Waals surface area (Å²) in [5.74, 6) is 1.10. The quantitative estimate of drug-likeness (QED) is 0.285. The van der Waals surface area contributed by atoms with Crippen molar-refractivity contribution in [2.45, 2.75) is 58.2 Å². The Labute approximate surface area is 251 Å². The second-order valence-electron chi connectivity index (χ2n) is 11.3. The highest BCUT2D eigenvalue weighted by Gasteiger charge is 2.30. The minimum atomic E-state index is -0.833. The lowest BCUT2D eigenvalue weighted by Crippen LogP contribution is -2.49. The molecule has 1 aliphatic heterocycles. The number of anilines is 2. The van der Waals surface area contributed by atoms with Crippen LogP contribution >= 0.6 is 0 Å². The van der Waals surface area contributed by atoms with Crippen molar-refractivity contribution in [1.82, 2.24) is 34.7 Å². The van der Waals surface area contributed by atoms with Crippen LogP contribution in [0, 0.1) is 6.92 Å². The van der Waals surface area contributed by atoms with Gasteiger partial charge < -0.3 is 30.3 Å². The van der Waals surface area contributed by atoms with E-state index in [1.165, 1.54) is 19.2 Å². The Bertz CT molecular complexity index is 1530. The van der Waals surface area contributed by atoms with E-state index in [0.29, 0.717) is 24.2 Å². The van der Waals surface area contributed by atoms with Crippen molar-refractivity contribution >= 4 is 28.5 Å². The van der Waals surface area contributed by atoms with Crippen LogP contribution in [0.2, 0.25) is 0 Å². The smallest absolute Gasteiger partial charge is 0.300 e. The number of aliphatic carboxylic acids is 1. The van der Waals surface area contributed by atoms with Gasteiger partial charge in [0.05, 0.1) is 30.8 Å². The predicted molar refractivity (Wildman–Crippen MR) is 164 cm³/mol. The van der Waals surface area contributed by atoms with E-state index >= 15 is 0 Å². The third-order valence-electron chi connectivity index (χ3n) is 8.20. The average Bonchev–Trinajstić information content (AvgIpc) is 3.60. The van der Waals surface area contributed by atoms with Crippen LogP contribution in [-0.4, -0.2) is 92.2 Å². The first-order valence-corrected chi connectivity index (χ1v) is 14.7. The van der Waals surface area contributed by atoms with E-state index in [0.717, 1.165) is 85.4 Å². The maximum Gasteiger partial charge on any atom is 0.300 e. The molecule has 0 amide bonds. The zero-order valence-corrected chi connectivity index (χ0v) is 25.3. The standard InChI is InChI=1S/C28H37N9O2.C2H4O2/c1-18-14-20(34-39-18)16-30-23-9-4-19(15-24(23)38-3)26-25-27(29)31-17-32-28(25)37(33-26)22-7-5-21(6-8-22)36-12-10-35(2)11-13-36;1-2(3)4/h4,9,14-15,17,21-22,30H,5-8,10-13,16H2,1-3H3,(H2,29,31,32);1H3,(H,3,4)/t21-,22-;. The normalized spacial score (nSPS) is 19.5. The van der Waals surface area contributed by atoms with Gasteiger partial charge in [0, 0.05) is 50.8 Å². The van der Waals surface area contributed by atoms with Crippen molar-refractivity contribution in [3.05, 3.63) is 42.0 Å². The summed E-state index contributed by atoms with van der Waals surface area (Å²) in [6, 6.07) is 8.86. The predicted octanol–water partition coefficient (Wildman–Crippen LogP) is 3.81. The first kappa shape index (κ1) is 30.2. The number of aromatic nitrogens is 5. The van der Waals surface area contributed by atoms with Gasteiger partial charge in [-0.25, -0.2) is 14.6 Å².